The van der Waals surface area contributed by atoms with E-state index in [9.17, 15) is 0 Å². The summed E-state index contributed by atoms with van der Waals surface area (Å²) in [6.07, 6.45) is 1.86. The number of rotatable bonds is 3. The molecule has 1 heterocycles. The van der Waals surface area contributed by atoms with Gasteiger partial charge in [-0.1, -0.05) is 42.0 Å². The van der Waals surface area contributed by atoms with Gasteiger partial charge in [-0.2, -0.15) is 0 Å². The molecule has 0 aliphatic rings. The average molecular weight is 249 g/mol. The number of nitrogens with zero attached hydrogens (tertiary/aromatic N) is 2. The maximum absolute atomic E-state index is 4.51. The molecule has 0 amide bonds. The minimum Gasteiger partial charge on any atom is -0.350 e. The highest BCUT2D eigenvalue weighted by Gasteiger charge is 2.00. The van der Waals surface area contributed by atoms with Gasteiger partial charge in [-0.3, -0.25) is 0 Å². The molecule has 0 spiro atoms. The zero-order valence-corrected chi connectivity index (χ0v) is 10.8. The van der Waals surface area contributed by atoms with Crippen LogP contribution in [0.15, 0.2) is 54.7 Å². The fraction of sp³-hybridized carbons (Fsp3) is 0.125. The van der Waals surface area contributed by atoms with Crippen LogP contribution in [0.5, 0.6) is 0 Å². The fourth-order valence-electron chi connectivity index (χ4n) is 2.01. The molecule has 0 saturated heterocycles. The molecule has 0 unspecified atom stereocenters. The van der Waals surface area contributed by atoms with E-state index in [0.717, 1.165) is 17.4 Å². The minimum absolute atomic E-state index is 0.667. The predicted octanol–water partition coefficient (Wildman–Crippen LogP) is 3.55. The number of aryl methyl sites for hydroxylation is 1. The van der Waals surface area contributed by atoms with Crippen molar-refractivity contribution in [3.05, 3.63) is 65.9 Å². The molecule has 94 valence electrons. The lowest BCUT2D eigenvalue weighted by Gasteiger charge is -2.06. The van der Waals surface area contributed by atoms with E-state index >= 15 is 0 Å². The Labute approximate surface area is 112 Å². The van der Waals surface area contributed by atoms with E-state index in [1.165, 1.54) is 11.1 Å². The van der Waals surface area contributed by atoms with Crippen molar-refractivity contribution < 1.29 is 0 Å². The third kappa shape index (κ3) is 2.71. The van der Waals surface area contributed by atoms with Crippen LogP contribution >= 0.6 is 0 Å². The lowest BCUT2D eigenvalue weighted by molar-refractivity contribution is 1.07. The molecule has 3 rings (SSSR count). The van der Waals surface area contributed by atoms with Gasteiger partial charge in [-0.05, 0) is 24.6 Å². The molecule has 0 bridgehead atoms. The van der Waals surface area contributed by atoms with Crippen LogP contribution in [0.1, 0.15) is 11.1 Å². The van der Waals surface area contributed by atoms with Crippen LogP contribution in [0.2, 0.25) is 0 Å². The van der Waals surface area contributed by atoms with Crippen molar-refractivity contribution in [3.63, 3.8) is 0 Å². The molecule has 0 fully saturated rings. The minimum atomic E-state index is 0.667. The molecular formula is C16H15N3. The lowest BCUT2D eigenvalue weighted by Crippen LogP contribution is -2.03. The molecule has 0 aliphatic carbocycles. The second-order valence-corrected chi connectivity index (χ2v) is 4.60. The van der Waals surface area contributed by atoms with Crippen LogP contribution in [0.3, 0.4) is 0 Å². The first-order valence-electron chi connectivity index (χ1n) is 6.32. The summed E-state index contributed by atoms with van der Waals surface area (Å²) in [6, 6.07) is 16.4. The third-order valence-electron chi connectivity index (χ3n) is 3.03. The largest absolute Gasteiger partial charge is 0.350 e. The van der Waals surface area contributed by atoms with Crippen LogP contribution in [0.4, 0.5) is 5.95 Å². The second-order valence-electron chi connectivity index (χ2n) is 4.60. The smallest absolute Gasteiger partial charge is 0.223 e. The maximum atomic E-state index is 4.51. The average Bonchev–Trinajstić information content (AvgIpc) is 2.46. The summed E-state index contributed by atoms with van der Waals surface area (Å²) in [5.41, 5.74) is 3.41. The Morgan fingerprint density at radius 3 is 2.74 bits per heavy atom. The topological polar surface area (TPSA) is 37.8 Å². The molecule has 0 saturated carbocycles. The summed E-state index contributed by atoms with van der Waals surface area (Å²) >= 11 is 0. The third-order valence-corrected chi connectivity index (χ3v) is 3.03. The zero-order valence-electron chi connectivity index (χ0n) is 10.8. The van der Waals surface area contributed by atoms with Gasteiger partial charge < -0.3 is 5.32 Å². The fourth-order valence-corrected chi connectivity index (χ4v) is 2.01. The van der Waals surface area contributed by atoms with Crippen molar-refractivity contribution in [1.82, 2.24) is 9.97 Å². The number of nitrogens with one attached hydrogen (secondary N) is 1. The Morgan fingerprint density at radius 2 is 1.89 bits per heavy atom. The van der Waals surface area contributed by atoms with E-state index in [4.69, 9.17) is 0 Å². The highest BCUT2D eigenvalue weighted by atomic mass is 15.1. The van der Waals surface area contributed by atoms with Crippen molar-refractivity contribution in [2.45, 2.75) is 13.5 Å². The van der Waals surface area contributed by atoms with E-state index in [1.54, 1.807) is 0 Å². The summed E-state index contributed by atoms with van der Waals surface area (Å²) in [7, 11) is 0. The Bertz CT molecular complexity index is 693. The summed E-state index contributed by atoms with van der Waals surface area (Å²) in [4.78, 5) is 8.85. The first kappa shape index (κ1) is 11.7. The van der Waals surface area contributed by atoms with Gasteiger partial charge >= 0.3 is 0 Å². The van der Waals surface area contributed by atoms with Crippen LogP contribution in [0, 0.1) is 6.92 Å². The van der Waals surface area contributed by atoms with E-state index in [1.807, 2.05) is 30.5 Å². The van der Waals surface area contributed by atoms with Crippen molar-refractivity contribution in [1.29, 1.82) is 0 Å². The quantitative estimate of drug-likeness (QED) is 0.771. The summed E-state index contributed by atoms with van der Waals surface area (Å²) in [5.74, 6) is 0.667. The maximum Gasteiger partial charge on any atom is 0.223 e. The van der Waals surface area contributed by atoms with Crippen LogP contribution < -0.4 is 5.32 Å². The summed E-state index contributed by atoms with van der Waals surface area (Å²) < 4.78 is 0. The van der Waals surface area contributed by atoms with Crippen molar-refractivity contribution in [2.24, 2.45) is 0 Å². The highest BCUT2D eigenvalue weighted by Crippen LogP contribution is 2.14. The summed E-state index contributed by atoms with van der Waals surface area (Å²) in [5, 5.41) is 4.32. The van der Waals surface area contributed by atoms with Gasteiger partial charge in [-0.15, -0.1) is 0 Å². The number of hydrogen-bond acceptors (Lipinski definition) is 3. The molecule has 0 atom stereocenters. The SMILES string of the molecule is Cc1ccc2nc(NCc3ccccc3)ncc2c1. The van der Waals surface area contributed by atoms with E-state index in [2.05, 4.69) is 46.5 Å². The van der Waals surface area contributed by atoms with Gasteiger partial charge in [0, 0.05) is 18.1 Å². The van der Waals surface area contributed by atoms with Gasteiger partial charge in [0.25, 0.3) is 0 Å². The molecule has 1 N–H and O–H groups in total. The predicted molar refractivity (Wildman–Crippen MR) is 78.0 cm³/mol. The molecule has 0 radical (unpaired) electrons. The molecule has 3 heteroatoms. The highest BCUT2D eigenvalue weighted by molar-refractivity contribution is 5.79. The Hall–Kier alpha value is -2.42. The van der Waals surface area contributed by atoms with Crippen LogP contribution in [-0.4, -0.2) is 9.97 Å². The van der Waals surface area contributed by atoms with Gasteiger partial charge in [0.2, 0.25) is 5.95 Å². The molecule has 3 nitrogen and oxygen atoms in total. The number of hydrogen-bond donors (Lipinski definition) is 1. The Morgan fingerprint density at radius 1 is 1.05 bits per heavy atom. The zero-order chi connectivity index (χ0) is 13.1. The first-order valence-corrected chi connectivity index (χ1v) is 6.32. The number of fused-ring (bicyclic) bond motifs is 1. The Kier molecular flexibility index (Phi) is 3.11. The Balaban J connectivity index is 1.80. The van der Waals surface area contributed by atoms with Crippen LogP contribution in [0.25, 0.3) is 10.9 Å². The molecular weight excluding hydrogens is 234 g/mol. The standard InChI is InChI=1S/C16H15N3/c1-12-7-8-15-14(9-12)11-18-16(19-15)17-10-13-5-3-2-4-6-13/h2-9,11H,10H2,1H3,(H,17,18,19). The number of anilines is 1. The molecule has 0 aliphatic heterocycles. The van der Waals surface area contributed by atoms with Gasteiger partial charge in [0.15, 0.2) is 0 Å². The summed E-state index contributed by atoms with van der Waals surface area (Å²) in [6.45, 7) is 2.80. The van der Waals surface area contributed by atoms with Crippen molar-refractivity contribution in [3.8, 4) is 0 Å². The first-order chi connectivity index (χ1) is 9.31. The van der Waals surface area contributed by atoms with Crippen molar-refractivity contribution >= 4 is 16.9 Å². The van der Waals surface area contributed by atoms with Gasteiger partial charge in [0.05, 0.1) is 5.52 Å². The van der Waals surface area contributed by atoms with Gasteiger partial charge in [-0.25, -0.2) is 9.97 Å². The monoisotopic (exact) mass is 249 g/mol. The van der Waals surface area contributed by atoms with E-state index in [0.29, 0.717) is 5.95 Å². The van der Waals surface area contributed by atoms with Crippen LogP contribution in [-0.2, 0) is 6.54 Å². The number of benzene rings is 2. The van der Waals surface area contributed by atoms with Gasteiger partial charge in [0.1, 0.15) is 0 Å². The lowest BCUT2D eigenvalue weighted by atomic mass is 10.2. The second kappa shape index (κ2) is 5.06. The molecule has 19 heavy (non-hydrogen) atoms. The van der Waals surface area contributed by atoms with E-state index < -0.39 is 0 Å². The molecule has 1 aromatic heterocycles. The normalized spacial score (nSPS) is 10.6. The van der Waals surface area contributed by atoms with E-state index in [-0.39, 0.29) is 0 Å². The molecule has 2 aromatic carbocycles. The number of aromatic nitrogens is 2. The van der Waals surface area contributed by atoms with Crippen molar-refractivity contribution in [2.75, 3.05) is 5.32 Å². The molecule has 3 aromatic rings.